The molecule has 164 valence electrons. The van der Waals surface area contributed by atoms with E-state index in [0.717, 1.165) is 48.3 Å². The number of aryl methyl sites for hydroxylation is 1. The van der Waals surface area contributed by atoms with Crippen LogP contribution in [0, 0.1) is 41.4 Å². The zero-order valence-corrected chi connectivity index (χ0v) is 19.2. The van der Waals surface area contributed by atoms with Crippen molar-refractivity contribution in [2.24, 2.45) is 34.5 Å². The Morgan fingerprint density at radius 3 is 2.67 bits per heavy atom. The Morgan fingerprint density at radius 2 is 1.90 bits per heavy atom. The molecule has 3 fully saturated rings. The molecule has 4 aliphatic rings. The van der Waals surface area contributed by atoms with E-state index in [0.29, 0.717) is 28.4 Å². The zero-order chi connectivity index (χ0) is 21.3. The van der Waals surface area contributed by atoms with Crippen LogP contribution in [-0.2, 0) is 0 Å². The minimum atomic E-state index is -0.124. The highest BCUT2D eigenvalue weighted by Gasteiger charge is 2.59. The summed E-state index contributed by atoms with van der Waals surface area (Å²) in [4.78, 5) is 4.66. The maximum absolute atomic E-state index is 10.6. The molecule has 0 amide bonds. The van der Waals surface area contributed by atoms with E-state index >= 15 is 0 Å². The average Bonchev–Trinajstić information content (AvgIpc) is 3.05. The highest BCUT2D eigenvalue weighted by atomic mass is 16.3. The fourth-order valence-electron chi connectivity index (χ4n) is 8.61. The van der Waals surface area contributed by atoms with E-state index in [4.69, 9.17) is 0 Å². The first-order valence-electron chi connectivity index (χ1n) is 12.3. The molecule has 8 unspecified atom stereocenters. The predicted octanol–water partition coefficient (Wildman–Crippen LogP) is 6.14. The number of aromatic nitrogens is 1. The molecule has 0 radical (unpaired) electrons. The molecule has 1 aromatic heterocycles. The van der Waals surface area contributed by atoms with Gasteiger partial charge in [-0.15, -0.1) is 0 Å². The minimum Gasteiger partial charge on any atom is -0.506 e. The Morgan fingerprint density at radius 1 is 1.10 bits per heavy atom. The Bertz CT molecular complexity index is 862. The summed E-state index contributed by atoms with van der Waals surface area (Å²) in [6.07, 6.45) is 13.7. The van der Waals surface area contributed by atoms with Gasteiger partial charge in [0.15, 0.2) is 0 Å². The summed E-state index contributed by atoms with van der Waals surface area (Å²) in [5.74, 6) is 3.61. The zero-order valence-electron chi connectivity index (χ0n) is 19.2. The van der Waals surface area contributed by atoms with Crippen molar-refractivity contribution in [3.05, 3.63) is 35.2 Å². The van der Waals surface area contributed by atoms with Gasteiger partial charge in [-0.1, -0.05) is 32.4 Å². The first-order chi connectivity index (χ1) is 14.2. The number of pyridine rings is 1. The standard InChI is InChI=1S/C27H39NO2/c1-16-13-24(30)25(28-15-16)17(2)21-7-8-22-20-6-5-18-14-19(29)9-11-26(18,3)23(20)10-12-27(21,22)4/h5,13,15,17,19-23,29-30H,6-12,14H2,1-4H3. The largest absolute Gasteiger partial charge is 0.506 e. The maximum atomic E-state index is 10.6. The summed E-state index contributed by atoms with van der Waals surface area (Å²) in [5.41, 5.74) is 4.13. The van der Waals surface area contributed by atoms with Crippen molar-refractivity contribution < 1.29 is 10.2 Å². The summed E-state index contributed by atoms with van der Waals surface area (Å²) in [5, 5.41) is 20.8. The van der Waals surface area contributed by atoms with E-state index < -0.39 is 0 Å². The Hall–Kier alpha value is -1.35. The number of hydrogen-bond acceptors (Lipinski definition) is 3. The topological polar surface area (TPSA) is 53.4 Å². The number of nitrogens with zero attached hydrogens (tertiary/aromatic N) is 1. The normalized spacial score (nSPS) is 43.9. The van der Waals surface area contributed by atoms with Crippen molar-refractivity contribution in [1.82, 2.24) is 4.98 Å². The van der Waals surface area contributed by atoms with E-state index in [1.54, 1.807) is 5.57 Å². The molecule has 3 saturated carbocycles. The number of hydrogen-bond donors (Lipinski definition) is 2. The molecule has 0 aliphatic heterocycles. The molecule has 5 rings (SSSR count). The second-order valence-corrected chi connectivity index (χ2v) is 11.6. The van der Waals surface area contributed by atoms with Crippen molar-refractivity contribution in [1.29, 1.82) is 0 Å². The van der Waals surface area contributed by atoms with Gasteiger partial charge in [0, 0.05) is 12.1 Å². The van der Waals surface area contributed by atoms with Gasteiger partial charge >= 0.3 is 0 Å². The van der Waals surface area contributed by atoms with Crippen LogP contribution < -0.4 is 0 Å². The fraction of sp³-hybridized carbons (Fsp3) is 0.741. The molecule has 3 nitrogen and oxygen atoms in total. The van der Waals surface area contributed by atoms with E-state index in [1.165, 1.54) is 32.1 Å². The molecule has 0 aromatic carbocycles. The number of aliphatic hydroxyl groups is 1. The van der Waals surface area contributed by atoms with Crippen LogP contribution in [0.2, 0.25) is 0 Å². The fourth-order valence-corrected chi connectivity index (χ4v) is 8.61. The molecular formula is C27H39NO2. The molecule has 1 heterocycles. The first-order valence-corrected chi connectivity index (χ1v) is 12.3. The summed E-state index contributed by atoms with van der Waals surface area (Å²) >= 11 is 0. The SMILES string of the molecule is Cc1cnc(C(C)C2CCC3C4CC=C5CC(O)CCC5(C)C4CCC23C)c(O)c1. The lowest BCUT2D eigenvalue weighted by Gasteiger charge is -2.58. The van der Waals surface area contributed by atoms with Crippen LogP contribution in [0.5, 0.6) is 5.75 Å². The van der Waals surface area contributed by atoms with Crippen LogP contribution in [0.4, 0.5) is 0 Å². The molecule has 4 aliphatic carbocycles. The maximum Gasteiger partial charge on any atom is 0.137 e. The number of aromatic hydroxyl groups is 1. The molecule has 0 saturated heterocycles. The third kappa shape index (κ3) is 2.91. The second-order valence-electron chi connectivity index (χ2n) is 11.6. The van der Waals surface area contributed by atoms with Gasteiger partial charge in [0.2, 0.25) is 0 Å². The lowest BCUT2D eigenvalue weighted by Crippen LogP contribution is -2.50. The summed E-state index contributed by atoms with van der Waals surface area (Å²) in [7, 11) is 0. The smallest absolute Gasteiger partial charge is 0.137 e. The monoisotopic (exact) mass is 409 g/mol. The van der Waals surface area contributed by atoms with E-state index in [2.05, 4.69) is 31.8 Å². The van der Waals surface area contributed by atoms with Crippen LogP contribution in [0.1, 0.15) is 89.3 Å². The minimum absolute atomic E-state index is 0.124. The van der Waals surface area contributed by atoms with Crippen LogP contribution in [0.15, 0.2) is 23.9 Å². The van der Waals surface area contributed by atoms with Gasteiger partial charge < -0.3 is 10.2 Å². The van der Waals surface area contributed by atoms with Crippen molar-refractivity contribution in [2.45, 2.75) is 91.1 Å². The average molecular weight is 410 g/mol. The molecule has 8 atom stereocenters. The van der Waals surface area contributed by atoms with Gasteiger partial charge in [0.25, 0.3) is 0 Å². The van der Waals surface area contributed by atoms with Gasteiger partial charge in [-0.25, -0.2) is 0 Å². The van der Waals surface area contributed by atoms with E-state index in [9.17, 15) is 10.2 Å². The van der Waals surface area contributed by atoms with Crippen molar-refractivity contribution in [3.8, 4) is 5.75 Å². The number of allylic oxidation sites excluding steroid dienone is 1. The molecular weight excluding hydrogens is 370 g/mol. The van der Waals surface area contributed by atoms with Crippen LogP contribution >= 0.6 is 0 Å². The van der Waals surface area contributed by atoms with Crippen LogP contribution in [0.25, 0.3) is 0 Å². The molecule has 0 bridgehead atoms. The molecule has 2 N–H and O–H groups in total. The first kappa shape index (κ1) is 20.5. The highest BCUT2D eigenvalue weighted by molar-refractivity contribution is 5.33. The van der Waals surface area contributed by atoms with E-state index in [1.807, 2.05) is 19.2 Å². The summed E-state index contributed by atoms with van der Waals surface area (Å²) in [6, 6.07) is 1.87. The quantitative estimate of drug-likeness (QED) is 0.577. The number of rotatable bonds is 2. The van der Waals surface area contributed by atoms with Gasteiger partial charge in [0.05, 0.1) is 11.8 Å². The van der Waals surface area contributed by atoms with Gasteiger partial charge in [-0.2, -0.15) is 0 Å². The number of fused-ring (bicyclic) bond motifs is 5. The van der Waals surface area contributed by atoms with Crippen molar-refractivity contribution in [2.75, 3.05) is 0 Å². The molecule has 30 heavy (non-hydrogen) atoms. The van der Waals surface area contributed by atoms with Crippen molar-refractivity contribution >= 4 is 0 Å². The number of aliphatic hydroxyl groups excluding tert-OH is 1. The van der Waals surface area contributed by atoms with Gasteiger partial charge in [-0.3, -0.25) is 4.98 Å². The van der Waals surface area contributed by atoms with Crippen LogP contribution in [-0.4, -0.2) is 21.3 Å². The molecule has 3 heteroatoms. The second kappa shape index (κ2) is 7.08. The lowest BCUT2D eigenvalue weighted by molar-refractivity contribution is -0.0526. The van der Waals surface area contributed by atoms with Gasteiger partial charge in [0.1, 0.15) is 5.75 Å². The Kier molecular flexibility index (Phi) is 4.85. The van der Waals surface area contributed by atoms with Crippen LogP contribution in [0.3, 0.4) is 0 Å². The van der Waals surface area contributed by atoms with Gasteiger partial charge in [-0.05, 0) is 104 Å². The molecule has 1 aromatic rings. The lowest BCUT2D eigenvalue weighted by atomic mass is 9.47. The highest BCUT2D eigenvalue weighted by Crippen LogP contribution is 2.67. The summed E-state index contributed by atoms with van der Waals surface area (Å²) < 4.78 is 0. The Labute approximate surface area is 182 Å². The predicted molar refractivity (Wildman–Crippen MR) is 120 cm³/mol. The third-order valence-electron chi connectivity index (χ3n) is 10.2. The summed E-state index contributed by atoms with van der Waals surface area (Å²) in [6.45, 7) is 9.35. The van der Waals surface area contributed by atoms with E-state index in [-0.39, 0.29) is 6.10 Å². The third-order valence-corrected chi connectivity index (χ3v) is 10.2. The Balaban J connectivity index is 1.43. The molecule has 0 spiro atoms. The van der Waals surface area contributed by atoms with Crippen molar-refractivity contribution in [3.63, 3.8) is 0 Å².